The topological polar surface area (TPSA) is 63.4 Å². The second-order valence-corrected chi connectivity index (χ2v) is 7.12. The molecule has 0 aliphatic carbocycles. The summed E-state index contributed by atoms with van der Waals surface area (Å²) in [6.45, 7) is 5.17. The Hall–Kier alpha value is -1.07. The van der Waals surface area contributed by atoms with E-state index in [-0.39, 0.29) is 4.90 Å². The zero-order valence-electron chi connectivity index (χ0n) is 11.6. The van der Waals surface area contributed by atoms with Gasteiger partial charge in [0.2, 0.25) is 10.0 Å². The molecule has 0 unspecified atom stereocenters. The fourth-order valence-corrected chi connectivity index (χ4v) is 4.51. The molecule has 0 saturated carbocycles. The lowest BCUT2D eigenvalue weighted by Crippen LogP contribution is -2.38. The number of aryl methyl sites for hydroxylation is 1. The molecule has 2 N–H and O–H groups in total. The van der Waals surface area contributed by atoms with Crippen LogP contribution in [0.25, 0.3) is 0 Å². The molecule has 4 nitrogen and oxygen atoms in total. The summed E-state index contributed by atoms with van der Waals surface area (Å²) in [6, 6.07) is 5.23. The molecule has 0 atom stereocenters. The summed E-state index contributed by atoms with van der Waals surface area (Å²) >= 11 is 0. The molecular weight excluding hydrogens is 260 g/mol. The van der Waals surface area contributed by atoms with E-state index in [1.54, 1.807) is 29.4 Å². The van der Waals surface area contributed by atoms with E-state index in [4.69, 9.17) is 5.73 Å². The maximum absolute atomic E-state index is 12.7. The molecule has 0 spiro atoms. The summed E-state index contributed by atoms with van der Waals surface area (Å²) < 4.78 is 26.9. The van der Waals surface area contributed by atoms with Gasteiger partial charge in [-0.25, -0.2) is 8.42 Å². The molecule has 1 saturated heterocycles. The first-order valence-corrected chi connectivity index (χ1v) is 8.26. The first-order chi connectivity index (χ1) is 8.96. The number of sulfonamides is 1. The van der Waals surface area contributed by atoms with E-state index >= 15 is 0 Å². The Balaban J connectivity index is 2.29. The van der Waals surface area contributed by atoms with Crippen molar-refractivity contribution < 1.29 is 8.42 Å². The first kappa shape index (κ1) is 14.3. The molecule has 0 aromatic heterocycles. The highest BCUT2D eigenvalue weighted by Crippen LogP contribution is 2.29. The Morgan fingerprint density at radius 3 is 2.47 bits per heavy atom. The van der Waals surface area contributed by atoms with Crippen molar-refractivity contribution in [3.8, 4) is 0 Å². The average molecular weight is 282 g/mol. The monoisotopic (exact) mass is 282 g/mol. The van der Waals surface area contributed by atoms with Gasteiger partial charge in [-0.15, -0.1) is 0 Å². The lowest BCUT2D eigenvalue weighted by molar-refractivity contribution is 0.269. The van der Waals surface area contributed by atoms with Crippen LogP contribution in [0.15, 0.2) is 23.1 Å². The molecule has 106 valence electrons. The van der Waals surface area contributed by atoms with Gasteiger partial charge in [0, 0.05) is 13.1 Å². The molecule has 0 amide bonds. The second kappa shape index (κ2) is 5.51. The standard InChI is InChI=1S/C14H22N2O2S/c1-3-12-7-9-16(10-8-12)19(17,18)14-11(2)5-4-6-13(14)15/h4-6,12H,3,7-10,15H2,1-2H3. The van der Waals surface area contributed by atoms with E-state index in [0.717, 1.165) is 24.8 Å². The number of hydrogen-bond acceptors (Lipinski definition) is 3. The third-order valence-electron chi connectivity index (χ3n) is 3.99. The molecular formula is C14H22N2O2S. The predicted octanol–water partition coefficient (Wildman–Crippen LogP) is 2.39. The van der Waals surface area contributed by atoms with Crippen LogP contribution >= 0.6 is 0 Å². The zero-order chi connectivity index (χ0) is 14.0. The zero-order valence-corrected chi connectivity index (χ0v) is 12.4. The van der Waals surface area contributed by atoms with Crippen LogP contribution in [0.2, 0.25) is 0 Å². The van der Waals surface area contributed by atoms with Crippen molar-refractivity contribution in [1.29, 1.82) is 0 Å². The van der Waals surface area contributed by atoms with E-state index in [2.05, 4.69) is 6.92 Å². The molecule has 5 heteroatoms. The SMILES string of the molecule is CCC1CCN(S(=O)(=O)c2c(C)cccc2N)CC1. The Morgan fingerprint density at radius 2 is 1.95 bits per heavy atom. The molecule has 2 rings (SSSR count). The van der Waals surface area contributed by atoms with E-state index in [9.17, 15) is 8.42 Å². The minimum absolute atomic E-state index is 0.282. The van der Waals surface area contributed by atoms with Crippen molar-refractivity contribution in [3.05, 3.63) is 23.8 Å². The minimum Gasteiger partial charge on any atom is -0.398 e. The molecule has 1 aromatic carbocycles. The lowest BCUT2D eigenvalue weighted by atomic mass is 9.96. The van der Waals surface area contributed by atoms with E-state index in [1.165, 1.54) is 0 Å². The van der Waals surface area contributed by atoms with Crippen molar-refractivity contribution >= 4 is 15.7 Å². The molecule has 1 aliphatic heterocycles. The average Bonchev–Trinajstić information content (AvgIpc) is 2.38. The van der Waals surface area contributed by atoms with Crippen molar-refractivity contribution in [2.45, 2.75) is 38.0 Å². The van der Waals surface area contributed by atoms with Crippen LogP contribution in [-0.4, -0.2) is 25.8 Å². The quantitative estimate of drug-likeness (QED) is 0.866. The van der Waals surface area contributed by atoms with Crippen molar-refractivity contribution in [1.82, 2.24) is 4.31 Å². The third kappa shape index (κ3) is 2.77. The highest BCUT2D eigenvalue weighted by Gasteiger charge is 2.31. The van der Waals surface area contributed by atoms with Gasteiger partial charge in [0.05, 0.1) is 5.69 Å². The van der Waals surface area contributed by atoms with Crippen LogP contribution in [0.4, 0.5) is 5.69 Å². The van der Waals surface area contributed by atoms with Gasteiger partial charge in [-0.3, -0.25) is 0 Å². The van der Waals surface area contributed by atoms with Gasteiger partial charge in [-0.1, -0.05) is 25.5 Å². The van der Waals surface area contributed by atoms with Crippen LogP contribution in [0.5, 0.6) is 0 Å². The van der Waals surface area contributed by atoms with Gasteiger partial charge >= 0.3 is 0 Å². The van der Waals surface area contributed by atoms with Crippen LogP contribution in [0, 0.1) is 12.8 Å². The molecule has 1 aliphatic rings. The summed E-state index contributed by atoms with van der Waals surface area (Å²) in [5, 5.41) is 0. The van der Waals surface area contributed by atoms with Crippen LogP contribution in [0.3, 0.4) is 0 Å². The van der Waals surface area contributed by atoms with Gasteiger partial charge in [0.1, 0.15) is 4.90 Å². The number of nitrogens with two attached hydrogens (primary N) is 1. The highest BCUT2D eigenvalue weighted by molar-refractivity contribution is 7.89. The number of rotatable bonds is 3. The summed E-state index contributed by atoms with van der Waals surface area (Å²) in [5.74, 6) is 0.653. The fourth-order valence-electron chi connectivity index (χ4n) is 2.71. The van der Waals surface area contributed by atoms with Gasteiger partial charge in [0.25, 0.3) is 0 Å². The smallest absolute Gasteiger partial charge is 0.245 e. The van der Waals surface area contributed by atoms with E-state index < -0.39 is 10.0 Å². The number of anilines is 1. The molecule has 19 heavy (non-hydrogen) atoms. The van der Waals surface area contributed by atoms with Crippen molar-refractivity contribution in [3.63, 3.8) is 0 Å². The van der Waals surface area contributed by atoms with Crippen LogP contribution in [-0.2, 0) is 10.0 Å². The summed E-state index contributed by atoms with van der Waals surface area (Å²) in [7, 11) is -3.45. The third-order valence-corrected chi connectivity index (χ3v) is 6.11. The summed E-state index contributed by atoms with van der Waals surface area (Å²) in [6.07, 6.45) is 3.02. The van der Waals surface area contributed by atoms with Gasteiger partial charge < -0.3 is 5.73 Å². The second-order valence-electron chi connectivity index (χ2n) is 5.25. The van der Waals surface area contributed by atoms with Crippen molar-refractivity contribution in [2.75, 3.05) is 18.8 Å². The maximum atomic E-state index is 12.7. The fraction of sp³-hybridized carbons (Fsp3) is 0.571. The van der Waals surface area contributed by atoms with Gasteiger partial charge in [-0.2, -0.15) is 4.31 Å². The molecule has 0 radical (unpaired) electrons. The Kier molecular flexibility index (Phi) is 4.16. The van der Waals surface area contributed by atoms with Gasteiger partial charge in [-0.05, 0) is 37.3 Å². The van der Waals surface area contributed by atoms with E-state index in [0.29, 0.717) is 24.7 Å². The highest BCUT2D eigenvalue weighted by atomic mass is 32.2. The lowest BCUT2D eigenvalue weighted by Gasteiger charge is -2.31. The number of nitrogen functional groups attached to an aromatic ring is 1. The number of benzene rings is 1. The van der Waals surface area contributed by atoms with Crippen molar-refractivity contribution in [2.24, 2.45) is 5.92 Å². The number of nitrogens with zero attached hydrogens (tertiary/aromatic N) is 1. The molecule has 1 fully saturated rings. The summed E-state index contributed by atoms with van der Waals surface area (Å²) in [5.41, 5.74) is 6.93. The maximum Gasteiger partial charge on any atom is 0.245 e. The largest absolute Gasteiger partial charge is 0.398 e. The predicted molar refractivity (Wildman–Crippen MR) is 77.4 cm³/mol. The Morgan fingerprint density at radius 1 is 1.32 bits per heavy atom. The summed E-state index contributed by atoms with van der Waals surface area (Å²) in [4.78, 5) is 0.282. The first-order valence-electron chi connectivity index (χ1n) is 6.82. The molecule has 0 bridgehead atoms. The van der Waals surface area contributed by atoms with Gasteiger partial charge in [0.15, 0.2) is 0 Å². The van der Waals surface area contributed by atoms with Crippen LogP contribution in [0.1, 0.15) is 31.7 Å². The van der Waals surface area contributed by atoms with E-state index in [1.807, 2.05) is 0 Å². The Labute approximate surface area is 115 Å². The number of piperidine rings is 1. The molecule has 1 heterocycles. The normalized spacial score (nSPS) is 18.6. The number of hydrogen-bond donors (Lipinski definition) is 1. The molecule has 1 aromatic rings. The minimum atomic E-state index is -3.45. The van der Waals surface area contributed by atoms with Crippen LogP contribution < -0.4 is 5.73 Å². The Bertz CT molecular complexity index is 526.